The van der Waals surface area contributed by atoms with Crippen LogP contribution in [0, 0.1) is 5.92 Å². The van der Waals surface area contributed by atoms with Crippen LogP contribution in [0.15, 0.2) is 0 Å². The van der Waals surface area contributed by atoms with Crippen LogP contribution in [0.3, 0.4) is 0 Å². The molecule has 1 saturated heterocycles. The molecule has 1 fully saturated rings. The third-order valence-corrected chi connectivity index (χ3v) is 3.29. The van der Waals surface area contributed by atoms with Crippen LogP contribution in [0.4, 0.5) is 0 Å². The molecule has 3 heteroatoms. The molecule has 1 aliphatic rings. The van der Waals surface area contributed by atoms with Crippen molar-refractivity contribution in [3.05, 3.63) is 0 Å². The number of carbonyl (C=O) groups is 1. The van der Waals surface area contributed by atoms with Gasteiger partial charge in [0.25, 0.3) is 0 Å². The SMILES string of the molecule is CC(=O)SCC1CCCN(C)C1. The van der Waals surface area contributed by atoms with Gasteiger partial charge in [-0.1, -0.05) is 11.8 Å². The second-order valence-corrected chi connectivity index (χ2v) is 4.77. The molecule has 0 aromatic carbocycles. The van der Waals surface area contributed by atoms with Crippen LogP contribution in [-0.2, 0) is 4.79 Å². The minimum atomic E-state index is 0.253. The quantitative estimate of drug-likeness (QED) is 0.655. The summed E-state index contributed by atoms with van der Waals surface area (Å²) < 4.78 is 0. The van der Waals surface area contributed by atoms with E-state index in [1.54, 1.807) is 6.92 Å². The Kier molecular flexibility index (Phi) is 4.09. The summed E-state index contributed by atoms with van der Waals surface area (Å²) in [5.41, 5.74) is 0. The summed E-state index contributed by atoms with van der Waals surface area (Å²) >= 11 is 1.47. The monoisotopic (exact) mass is 187 g/mol. The number of likely N-dealkylation sites (tertiary alicyclic amines) is 1. The molecule has 1 aliphatic heterocycles. The van der Waals surface area contributed by atoms with Crippen molar-refractivity contribution in [2.75, 3.05) is 25.9 Å². The van der Waals surface area contributed by atoms with Crippen LogP contribution >= 0.6 is 11.8 Å². The summed E-state index contributed by atoms with van der Waals surface area (Å²) in [7, 11) is 2.16. The highest BCUT2D eigenvalue weighted by atomic mass is 32.2. The molecule has 0 aromatic heterocycles. The number of piperidine rings is 1. The third kappa shape index (κ3) is 3.59. The van der Waals surface area contributed by atoms with Crippen molar-refractivity contribution in [2.45, 2.75) is 19.8 Å². The smallest absolute Gasteiger partial charge is 0.185 e. The van der Waals surface area contributed by atoms with Crippen LogP contribution in [0.1, 0.15) is 19.8 Å². The molecule has 70 valence electrons. The molecule has 0 bridgehead atoms. The van der Waals surface area contributed by atoms with Crippen LogP contribution in [0.25, 0.3) is 0 Å². The van der Waals surface area contributed by atoms with Gasteiger partial charge in [-0.3, -0.25) is 4.79 Å². The molecule has 2 nitrogen and oxygen atoms in total. The van der Waals surface area contributed by atoms with E-state index in [9.17, 15) is 4.79 Å². The minimum Gasteiger partial charge on any atom is -0.306 e. The molecule has 0 radical (unpaired) electrons. The van der Waals surface area contributed by atoms with Crippen molar-refractivity contribution in [1.29, 1.82) is 0 Å². The van der Waals surface area contributed by atoms with Crippen molar-refractivity contribution in [3.8, 4) is 0 Å². The lowest BCUT2D eigenvalue weighted by Gasteiger charge is -2.29. The van der Waals surface area contributed by atoms with Crippen molar-refractivity contribution in [2.24, 2.45) is 5.92 Å². The number of carbonyl (C=O) groups excluding carboxylic acids is 1. The molecule has 12 heavy (non-hydrogen) atoms. The Labute approximate surface area is 78.7 Å². The molecule has 1 atom stereocenters. The Hall–Kier alpha value is -0.0200. The number of hydrogen-bond donors (Lipinski definition) is 0. The van der Waals surface area contributed by atoms with E-state index in [0.29, 0.717) is 0 Å². The summed E-state index contributed by atoms with van der Waals surface area (Å²) in [6.07, 6.45) is 2.59. The largest absolute Gasteiger partial charge is 0.306 e. The fourth-order valence-electron chi connectivity index (χ4n) is 1.64. The maximum atomic E-state index is 10.7. The molecular formula is C9H17NOS. The van der Waals surface area contributed by atoms with Gasteiger partial charge < -0.3 is 4.90 Å². The van der Waals surface area contributed by atoms with Crippen molar-refractivity contribution >= 4 is 16.9 Å². The highest BCUT2D eigenvalue weighted by Gasteiger charge is 2.17. The van der Waals surface area contributed by atoms with E-state index in [4.69, 9.17) is 0 Å². The van der Waals surface area contributed by atoms with E-state index >= 15 is 0 Å². The van der Waals surface area contributed by atoms with E-state index in [1.807, 2.05) is 0 Å². The second-order valence-electron chi connectivity index (χ2n) is 3.57. The Bertz CT molecular complexity index is 161. The zero-order chi connectivity index (χ0) is 8.97. The van der Waals surface area contributed by atoms with Crippen molar-refractivity contribution < 1.29 is 4.79 Å². The van der Waals surface area contributed by atoms with E-state index in [0.717, 1.165) is 11.7 Å². The second kappa shape index (κ2) is 4.87. The fraction of sp³-hybridized carbons (Fsp3) is 0.889. The maximum Gasteiger partial charge on any atom is 0.185 e. The van der Waals surface area contributed by atoms with Crippen LogP contribution in [0.2, 0.25) is 0 Å². The number of hydrogen-bond acceptors (Lipinski definition) is 3. The fourth-order valence-corrected chi connectivity index (χ4v) is 2.39. The van der Waals surface area contributed by atoms with E-state index in [-0.39, 0.29) is 5.12 Å². The molecule has 0 spiro atoms. The lowest BCUT2D eigenvalue weighted by atomic mass is 10.0. The molecule has 0 aromatic rings. The Morgan fingerprint density at radius 2 is 2.42 bits per heavy atom. The first-order valence-corrected chi connectivity index (χ1v) is 5.49. The van der Waals surface area contributed by atoms with Crippen LogP contribution < -0.4 is 0 Å². The normalized spacial score (nSPS) is 25.7. The van der Waals surface area contributed by atoms with E-state index in [2.05, 4.69) is 11.9 Å². The highest BCUT2D eigenvalue weighted by Crippen LogP contribution is 2.19. The molecular weight excluding hydrogens is 170 g/mol. The van der Waals surface area contributed by atoms with E-state index < -0.39 is 0 Å². The van der Waals surface area contributed by atoms with Gasteiger partial charge in [-0.15, -0.1) is 0 Å². The predicted octanol–water partition coefficient (Wildman–Crippen LogP) is 1.61. The summed E-state index contributed by atoms with van der Waals surface area (Å²) in [6, 6.07) is 0. The van der Waals surface area contributed by atoms with Crippen molar-refractivity contribution in [3.63, 3.8) is 0 Å². The molecule has 0 amide bonds. The van der Waals surface area contributed by atoms with Gasteiger partial charge >= 0.3 is 0 Å². The maximum absolute atomic E-state index is 10.7. The minimum absolute atomic E-state index is 0.253. The number of rotatable bonds is 2. The number of nitrogens with zero attached hydrogens (tertiary/aromatic N) is 1. The van der Waals surface area contributed by atoms with Gasteiger partial charge in [0.2, 0.25) is 0 Å². The van der Waals surface area contributed by atoms with Gasteiger partial charge in [-0.2, -0.15) is 0 Å². The van der Waals surface area contributed by atoms with Gasteiger partial charge in [-0.05, 0) is 32.4 Å². The van der Waals surface area contributed by atoms with Gasteiger partial charge in [0.1, 0.15) is 0 Å². The van der Waals surface area contributed by atoms with Crippen LogP contribution in [0.5, 0.6) is 0 Å². The molecule has 0 N–H and O–H groups in total. The van der Waals surface area contributed by atoms with Gasteiger partial charge in [0.15, 0.2) is 5.12 Å². The summed E-state index contributed by atoms with van der Waals surface area (Å²) in [6.45, 7) is 4.04. The predicted molar refractivity (Wildman–Crippen MR) is 53.4 cm³/mol. The first kappa shape index (κ1) is 10.1. The first-order valence-electron chi connectivity index (χ1n) is 4.50. The standard InChI is InChI=1S/C9H17NOS/c1-8(11)12-7-9-4-3-5-10(2)6-9/h9H,3-7H2,1-2H3. The van der Waals surface area contributed by atoms with Crippen LogP contribution in [-0.4, -0.2) is 35.9 Å². The Morgan fingerprint density at radius 1 is 1.67 bits per heavy atom. The average Bonchev–Trinajstić information content (AvgIpc) is 2.01. The van der Waals surface area contributed by atoms with Gasteiger partial charge in [0.05, 0.1) is 0 Å². The zero-order valence-electron chi connectivity index (χ0n) is 7.88. The number of thioether (sulfide) groups is 1. The summed E-state index contributed by atoms with van der Waals surface area (Å²) in [4.78, 5) is 13.1. The highest BCUT2D eigenvalue weighted by molar-refractivity contribution is 8.13. The lowest BCUT2D eigenvalue weighted by molar-refractivity contribution is -0.109. The lowest BCUT2D eigenvalue weighted by Crippen LogP contribution is -2.33. The Balaban J connectivity index is 2.18. The molecule has 0 aliphatic carbocycles. The van der Waals surface area contributed by atoms with Gasteiger partial charge in [-0.25, -0.2) is 0 Å². The first-order chi connectivity index (χ1) is 5.68. The summed E-state index contributed by atoms with van der Waals surface area (Å²) in [5.74, 6) is 1.75. The topological polar surface area (TPSA) is 20.3 Å². The van der Waals surface area contributed by atoms with E-state index in [1.165, 1.54) is 37.7 Å². The molecule has 0 saturated carbocycles. The van der Waals surface area contributed by atoms with Crippen molar-refractivity contribution in [1.82, 2.24) is 4.90 Å². The zero-order valence-corrected chi connectivity index (χ0v) is 8.69. The molecule has 1 rings (SSSR count). The Morgan fingerprint density at radius 3 is 3.00 bits per heavy atom. The summed E-state index contributed by atoms with van der Waals surface area (Å²) in [5, 5.41) is 0.253. The third-order valence-electron chi connectivity index (χ3n) is 2.24. The molecule has 1 unspecified atom stereocenters. The molecule has 1 heterocycles. The van der Waals surface area contributed by atoms with Gasteiger partial charge in [0, 0.05) is 19.2 Å². The average molecular weight is 187 g/mol.